The maximum Gasteiger partial charge on any atom is 0.322 e. The van der Waals surface area contributed by atoms with Crippen LogP contribution in [0.5, 0.6) is 17.2 Å². The Balaban J connectivity index is 1.58. The zero-order chi connectivity index (χ0) is 20.4. The average Bonchev–Trinajstić information content (AvgIpc) is 3.39. The van der Waals surface area contributed by atoms with Crippen molar-refractivity contribution in [2.75, 3.05) is 26.6 Å². The molecule has 0 aliphatic rings. The molecular formula is C20H17N3O6. The third-order valence-electron chi connectivity index (χ3n) is 4.21. The van der Waals surface area contributed by atoms with E-state index in [4.69, 9.17) is 23.0 Å². The molecule has 0 saturated heterocycles. The highest BCUT2D eigenvalue weighted by Crippen LogP contribution is 2.38. The monoisotopic (exact) mass is 395 g/mol. The molecule has 0 saturated carbocycles. The maximum absolute atomic E-state index is 12.6. The van der Waals surface area contributed by atoms with Crippen molar-refractivity contribution in [3.63, 3.8) is 0 Å². The fourth-order valence-electron chi connectivity index (χ4n) is 2.84. The molecular weight excluding hydrogens is 378 g/mol. The van der Waals surface area contributed by atoms with Crippen LogP contribution in [-0.4, -0.2) is 37.4 Å². The zero-order valence-electron chi connectivity index (χ0n) is 15.9. The maximum atomic E-state index is 12.6. The van der Waals surface area contributed by atoms with Crippen LogP contribution in [0, 0.1) is 0 Å². The van der Waals surface area contributed by atoms with Crippen LogP contribution in [0.2, 0.25) is 0 Å². The molecule has 9 nitrogen and oxygen atoms in total. The number of furan rings is 1. The lowest BCUT2D eigenvalue weighted by Gasteiger charge is -2.13. The lowest BCUT2D eigenvalue weighted by Crippen LogP contribution is -2.13. The van der Waals surface area contributed by atoms with Gasteiger partial charge in [-0.3, -0.25) is 10.1 Å². The summed E-state index contributed by atoms with van der Waals surface area (Å²) in [7, 11) is 4.42. The minimum absolute atomic E-state index is 0.0702. The summed E-state index contributed by atoms with van der Waals surface area (Å²) < 4.78 is 27.0. The molecule has 0 atom stereocenters. The van der Waals surface area contributed by atoms with Crippen LogP contribution in [0.4, 0.5) is 6.01 Å². The Bertz CT molecular complexity index is 1120. The lowest BCUT2D eigenvalue weighted by atomic mass is 10.1. The summed E-state index contributed by atoms with van der Waals surface area (Å²) in [6.07, 6.45) is 0. The Labute approximate surface area is 165 Å². The number of ether oxygens (including phenoxy) is 3. The highest BCUT2D eigenvalue weighted by molar-refractivity contribution is 6.04. The molecule has 29 heavy (non-hydrogen) atoms. The molecule has 148 valence electrons. The first kappa shape index (κ1) is 18.4. The number of hydrogen-bond acceptors (Lipinski definition) is 8. The van der Waals surface area contributed by atoms with E-state index in [2.05, 4.69) is 15.5 Å². The molecule has 4 rings (SSSR count). The van der Waals surface area contributed by atoms with Crippen LogP contribution in [0.1, 0.15) is 10.4 Å². The molecule has 4 aromatic rings. The number of carbonyl (C=O) groups excluding carboxylic acids is 1. The van der Waals surface area contributed by atoms with Crippen LogP contribution in [0.15, 0.2) is 51.3 Å². The topological polar surface area (TPSA) is 109 Å². The second kappa shape index (κ2) is 7.55. The molecule has 2 aromatic carbocycles. The van der Waals surface area contributed by atoms with Crippen molar-refractivity contribution in [1.82, 2.24) is 10.2 Å². The number of hydrogen-bond donors (Lipinski definition) is 1. The summed E-state index contributed by atoms with van der Waals surface area (Å²) in [5, 5.41) is 11.2. The van der Waals surface area contributed by atoms with Gasteiger partial charge in [0.2, 0.25) is 5.75 Å². The van der Waals surface area contributed by atoms with Gasteiger partial charge in [-0.2, -0.15) is 0 Å². The van der Waals surface area contributed by atoms with Gasteiger partial charge in [0.15, 0.2) is 17.3 Å². The number of nitrogens with one attached hydrogen (secondary N) is 1. The van der Waals surface area contributed by atoms with Crippen LogP contribution < -0.4 is 19.5 Å². The summed E-state index contributed by atoms with van der Waals surface area (Å²) in [5.74, 6) is 1.17. The van der Waals surface area contributed by atoms with Crippen LogP contribution in [0.3, 0.4) is 0 Å². The van der Waals surface area contributed by atoms with Gasteiger partial charge in [-0.05, 0) is 24.3 Å². The van der Waals surface area contributed by atoms with Crippen molar-refractivity contribution < 1.29 is 27.8 Å². The number of fused-ring (bicyclic) bond motifs is 1. The van der Waals surface area contributed by atoms with E-state index in [1.807, 2.05) is 24.3 Å². The number of nitrogens with zero attached hydrogens (tertiary/aromatic N) is 2. The van der Waals surface area contributed by atoms with Crippen LogP contribution >= 0.6 is 0 Å². The molecule has 2 heterocycles. The molecule has 0 aliphatic carbocycles. The number of methoxy groups -OCH3 is 3. The average molecular weight is 395 g/mol. The molecule has 1 N–H and O–H groups in total. The molecule has 1 amide bonds. The first-order valence-electron chi connectivity index (χ1n) is 8.56. The summed E-state index contributed by atoms with van der Waals surface area (Å²) >= 11 is 0. The molecule has 0 bridgehead atoms. The smallest absolute Gasteiger partial charge is 0.322 e. The van der Waals surface area contributed by atoms with Gasteiger partial charge in [0.25, 0.3) is 11.8 Å². The second-order valence-electron chi connectivity index (χ2n) is 5.93. The first-order chi connectivity index (χ1) is 14.1. The number of amides is 1. The number of rotatable bonds is 6. The van der Waals surface area contributed by atoms with Gasteiger partial charge in [-0.15, -0.1) is 5.10 Å². The fourth-order valence-corrected chi connectivity index (χ4v) is 2.84. The second-order valence-corrected chi connectivity index (χ2v) is 5.93. The SMILES string of the molecule is COc1cc(C(=O)Nc2nnc(-c3cc4ccccc4o3)o2)cc(OC)c1OC. The van der Waals surface area contributed by atoms with E-state index in [-0.39, 0.29) is 17.5 Å². The quantitative estimate of drug-likeness (QED) is 0.526. The standard InChI is InChI=1S/C20H17N3O6/c1-25-14-9-12(10-15(26-2)17(14)27-3)18(24)21-20-23-22-19(29-20)16-8-11-6-4-5-7-13(11)28-16/h4-10H,1-3H3,(H,21,23,24). The summed E-state index contributed by atoms with van der Waals surface area (Å²) in [4.78, 5) is 12.6. The van der Waals surface area contributed by atoms with Gasteiger partial charge in [0.1, 0.15) is 5.58 Å². The van der Waals surface area contributed by atoms with E-state index < -0.39 is 5.91 Å². The largest absolute Gasteiger partial charge is 0.493 e. The van der Waals surface area contributed by atoms with Gasteiger partial charge in [-0.1, -0.05) is 23.3 Å². The van der Waals surface area contributed by atoms with Crippen molar-refractivity contribution in [2.45, 2.75) is 0 Å². The Morgan fingerprint density at radius 2 is 1.66 bits per heavy atom. The van der Waals surface area contributed by atoms with Crippen molar-refractivity contribution in [2.24, 2.45) is 0 Å². The number of para-hydroxylation sites is 1. The Kier molecular flexibility index (Phi) is 4.78. The Hall–Kier alpha value is -4.01. The highest BCUT2D eigenvalue weighted by atomic mass is 16.5. The van der Waals surface area contributed by atoms with E-state index in [9.17, 15) is 4.79 Å². The molecule has 0 aliphatic heterocycles. The van der Waals surface area contributed by atoms with E-state index in [0.29, 0.717) is 28.6 Å². The van der Waals surface area contributed by atoms with E-state index in [0.717, 1.165) is 5.39 Å². The fraction of sp³-hybridized carbons (Fsp3) is 0.150. The third kappa shape index (κ3) is 3.45. The number of benzene rings is 2. The van der Waals surface area contributed by atoms with Crippen molar-refractivity contribution in [3.8, 4) is 28.9 Å². The van der Waals surface area contributed by atoms with Crippen LogP contribution in [0.25, 0.3) is 22.6 Å². The molecule has 0 fully saturated rings. The summed E-state index contributed by atoms with van der Waals surface area (Å²) in [6, 6.07) is 12.3. The lowest BCUT2D eigenvalue weighted by molar-refractivity contribution is 0.102. The molecule has 0 spiro atoms. The first-order valence-corrected chi connectivity index (χ1v) is 8.56. The summed E-state index contributed by atoms with van der Waals surface area (Å²) in [6.45, 7) is 0. The van der Waals surface area contributed by atoms with E-state index in [1.165, 1.54) is 33.5 Å². The Morgan fingerprint density at radius 3 is 2.31 bits per heavy atom. The van der Waals surface area contributed by atoms with Crippen molar-refractivity contribution in [3.05, 3.63) is 48.0 Å². The van der Waals surface area contributed by atoms with Gasteiger partial charge < -0.3 is 23.0 Å². The molecule has 0 unspecified atom stereocenters. The molecule has 2 aromatic heterocycles. The van der Waals surface area contributed by atoms with Gasteiger partial charge in [0.05, 0.1) is 21.3 Å². The third-order valence-corrected chi connectivity index (χ3v) is 4.21. The minimum Gasteiger partial charge on any atom is -0.493 e. The number of aromatic nitrogens is 2. The highest BCUT2D eigenvalue weighted by Gasteiger charge is 2.19. The van der Waals surface area contributed by atoms with Crippen molar-refractivity contribution in [1.29, 1.82) is 0 Å². The number of carbonyl (C=O) groups is 1. The molecule has 9 heteroatoms. The van der Waals surface area contributed by atoms with Crippen molar-refractivity contribution >= 4 is 22.9 Å². The number of anilines is 1. The van der Waals surface area contributed by atoms with Gasteiger partial charge in [-0.25, -0.2) is 0 Å². The predicted octanol–water partition coefficient (Wildman–Crippen LogP) is 3.76. The van der Waals surface area contributed by atoms with E-state index >= 15 is 0 Å². The van der Waals surface area contributed by atoms with Gasteiger partial charge >= 0.3 is 6.01 Å². The minimum atomic E-state index is -0.482. The normalized spacial score (nSPS) is 10.7. The van der Waals surface area contributed by atoms with E-state index in [1.54, 1.807) is 6.07 Å². The van der Waals surface area contributed by atoms with Gasteiger partial charge in [0, 0.05) is 10.9 Å². The zero-order valence-corrected chi connectivity index (χ0v) is 15.9. The molecule has 0 radical (unpaired) electrons. The predicted molar refractivity (Wildman–Crippen MR) is 104 cm³/mol. The Morgan fingerprint density at radius 1 is 0.931 bits per heavy atom. The van der Waals surface area contributed by atoms with Crippen LogP contribution in [-0.2, 0) is 0 Å². The summed E-state index contributed by atoms with van der Waals surface area (Å²) in [5.41, 5.74) is 0.965.